The first-order chi connectivity index (χ1) is 21.4. The molecule has 5 atom stereocenters. The lowest BCUT2D eigenvalue weighted by molar-refractivity contribution is -0.145. The molecule has 12 heteroatoms. The number of benzene rings is 1. The number of hydrogen-bond donors (Lipinski definition) is 4. The molecule has 0 spiro atoms. The molecule has 1 aromatic carbocycles. The van der Waals surface area contributed by atoms with Crippen molar-refractivity contribution in [2.75, 3.05) is 13.1 Å². The first kappa shape index (κ1) is 32.7. The number of amides is 3. The third-order valence-corrected chi connectivity index (χ3v) is 9.47. The molecule has 4 aliphatic rings. The number of carboxylic acids is 1. The molecule has 1 saturated heterocycles. The molecule has 0 radical (unpaired) electrons. The molecule has 1 aromatic rings. The van der Waals surface area contributed by atoms with Crippen LogP contribution >= 0.6 is 12.2 Å². The summed E-state index contributed by atoms with van der Waals surface area (Å²) in [5.74, 6) is -2.31. The first-order valence-electron chi connectivity index (χ1n) is 16.0. The Morgan fingerprint density at radius 1 is 1.11 bits per heavy atom. The van der Waals surface area contributed by atoms with Gasteiger partial charge >= 0.3 is 12.1 Å². The quantitative estimate of drug-likeness (QED) is 0.290. The van der Waals surface area contributed by atoms with Gasteiger partial charge in [-0.2, -0.15) is 0 Å². The normalized spacial score (nSPS) is 29.5. The molecule has 0 unspecified atom stereocenters. The Labute approximate surface area is 270 Å². The molecule has 0 aromatic heterocycles. The number of hydrogen-bond acceptors (Lipinski definition) is 6. The summed E-state index contributed by atoms with van der Waals surface area (Å²) in [7, 11) is 0. The van der Waals surface area contributed by atoms with E-state index in [1.165, 1.54) is 16.0 Å². The van der Waals surface area contributed by atoms with Crippen LogP contribution in [0.2, 0.25) is 0 Å². The van der Waals surface area contributed by atoms with Crippen LogP contribution in [0.4, 0.5) is 4.79 Å². The molecule has 3 amide bonds. The van der Waals surface area contributed by atoms with E-state index < -0.39 is 47.1 Å². The number of rotatable bonds is 3. The van der Waals surface area contributed by atoms with E-state index >= 15 is 0 Å². The number of nitrogens with one attached hydrogen (secondary N) is 3. The molecular weight excluding hydrogens is 594 g/mol. The van der Waals surface area contributed by atoms with Gasteiger partial charge < -0.3 is 35.6 Å². The van der Waals surface area contributed by atoms with Crippen molar-refractivity contribution in [3.05, 3.63) is 47.5 Å². The van der Waals surface area contributed by atoms with E-state index in [0.717, 1.165) is 32.2 Å². The maximum atomic E-state index is 14.2. The molecule has 3 aliphatic heterocycles. The van der Waals surface area contributed by atoms with Gasteiger partial charge in [0.25, 0.3) is 0 Å². The van der Waals surface area contributed by atoms with Gasteiger partial charge in [0.05, 0.1) is 0 Å². The first-order valence-corrected chi connectivity index (χ1v) is 16.4. The number of carbonyl (C=O) groups is 4. The largest absolute Gasteiger partial charge is 0.479 e. The average Bonchev–Trinajstić information content (AvgIpc) is 3.51. The zero-order valence-corrected chi connectivity index (χ0v) is 27.2. The van der Waals surface area contributed by atoms with Crippen molar-refractivity contribution in [2.45, 2.75) is 108 Å². The van der Waals surface area contributed by atoms with Gasteiger partial charge in [-0.05, 0) is 82.6 Å². The second kappa shape index (κ2) is 13.4. The third-order valence-electron chi connectivity index (χ3n) is 9.10. The molecule has 1 saturated carbocycles. The van der Waals surface area contributed by atoms with E-state index in [1.54, 1.807) is 20.8 Å². The fraction of sp³-hybridized carbons (Fsp3) is 0.606. The van der Waals surface area contributed by atoms with Crippen molar-refractivity contribution >= 4 is 41.2 Å². The highest BCUT2D eigenvalue weighted by atomic mass is 32.1. The topological polar surface area (TPSA) is 140 Å². The smallest absolute Gasteiger partial charge is 0.408 e. The summed E-state index contributed by atoms with van der Waals surface area (Å²) in [6, 6.07) is 6.09. The highest BCUT2D eigenvalue weighted by Gasteiger charge is 2.61. The summed E-state index contributed by atoms with van der Waals surface area (Å²) in [6.07, 6.45) is 8.11. The van der Waals surface area contributed by atoms with Crippen molar-refractivity contribution in [3.63, 3.8) is 0 Å². The van der Waals surface area contributed by atoms with Gasteiger partial charge in [-0.3, -0.25) is 9.59 Å². The van der Waals surface area contributed by atoms with Crippen LogP contribution in [0.1, 0.15) is 76.8 Å². The van der Waals surface area contributed by atoms with Crippen molar-refractivity contribution in [1.29, 1.82) is 0 Å². The number of carboxylic acid groups (broad SMARTS) is 1. The van der Waals surface area contributed by atoms with Crippen molar-refractivity contribution in [2.24, 2.45) is 5.92 Å². The molecule has 2 fully saturated rings. The van der Waals surface area contributed by atoms with Crippen LogP contribution in [-0.4, -0.2) is 86.3 Å². The molecule has 4 N–H and O–H groups in total. The Bertz CT molecular complexity index is 1360. The average molecular weight is 640 g/mol. The predicted octanol–water partition coefficient (Wildman–Crippen LogP) is 3.26. The Balaban J connectivity index is 1.36. The monoisotopic (exact) mass is 639 g/mol. The van der Waals surface area contributed by atoms with Gasteiger partial charge in [-0.1, -0.05) is 49.3 Å². The number of fused-ring (bicyclic) bond motifs is 3. The number of alkyl carbamates (subject to hydrolysis) is 1. The maximum Gasteiger partial charge on any atom is 0.408 e. The summed E-state index contributed by atoms with van der Waals surface area (Å²) < 4.78 is 5.46. The number of aliphatic carboxylic acids is 1. The lowest BCUT2D eigenvalue weighted by Gasteiger charge is -2.32. The van der Waals surface area contributed by atoms with E-state index in [-0.39, 0.29) is 24.9 Å². The zero-order valence-electron chi connectivity index (χ0n) is 26.3. The van der Waals surface area contributed by atoms with Crippen LogP contribution < -0.4 is 16.0 Å². The van der Waals surface area contributed by atoms with E-state index in [1.807, 2.05) is 24.3 Å². The van der Waals surface area contributed by atoms with Crippen molar-refractivity contribution in [3.8, 4) is 0 Å². The third kappa shape index (κ3) is 7.77. The summed E-state index contributed by atoms with van der Waals surface area (Å²) >= 11 is 5.80. The number of thiocarbonyl (C=S) groups is 1. The molecule has 0 bridgehead atoms. The van der Waals surface area contributed by atoms with E-state index in [4.69, 9.17) is 17.0 Å². The highest BCUT2D eigenvalue weighted by Crippen LogP contribution is 2.45. The summed E-state index contributed by atoms with van der Waals surface area (Å²) in [6.45, 7) is 6.85. The van der Waals surface area contributed by atoms with Gasteiger partial charge in [0.15, 0.2) is 5.11 Å². The Hall–Kier alpha value is -3.67. The zero-order chi connectivity index (χ0) is 32.4. The molecule has 45 heavy (non-hydrogen) atoms. The van der Waals surface area contributed by atoms with E-state index in [9.17, 15) is 24.3 Å². The minimum absolute atomic E-state index is 0.178. The van der Waals surface area contributed by atoms with Gasteiger partial charge in [-0.25, -0.2) is 9.59 Å². The van der Waals surface area contributed by atoms with Crippen LogP contribution in [0.25, 0.3) is 0 Å². The SMILES string of the molecule is CC(C)(C)OC(=O)N[C@H]1CCCCC/C=C\[C@@H]2C[C@@]2(C(=O)O)NC(=O)[C@@H]2C[C@@H](NC(=S)N3CCc4ccccc4C3)CN2C1=O. The van der Waals surface area contributed by atoms with Gasteiger partial charge in [-0.15, -0.1) is 0 Å². The summed E-state index contributed by atoms with van der Waals surface area (Å²) in [5, 5.41) is 19.6. The number of ether oxygens (including phenoxy) is 1. The molecule has 3 heterocycles. The second-order valence-electron chi connectivity index (χ2n) is 13.7. The second-order valence-corrected chi connectivity index (χ2v) is 14.1. The molecular formula is C33H45N5O6S. The standard InChI is InChI=1S/C33H45N5O6S/c1-32(2,3)44-31(43)35-25-14-8-6-4-5-7-13-23-18-33(23,29(41)42)36-27(39)26-17-24(20-38(26)28(25)40)34-30(45)37-16-15-21-11-9-10-12-22(21)19-37/h7,9-13,23-26H,4-6,8,14-20H2,1-3H3,(H,34,45)(H,35,43)(H,36,39)(H,41,42)/b13-7-/t23-,24-,25+,26+,33-/m1/s1. The van der Waals surface area contributed by atoms with Gasteiger partial charge in [0, 0.05) is 31.6 Å². The van der Waals surface area contributed by atoms with E-state index in [2.05, 4.69) is 33.0 Å². The number of allylic oxidation sites excluding steroid dienone is 1. The molecule has 1 aliphatic carbocycles. The number of nitrogens with zero attached hydrogens (tertiary/aromatic N) is 2. The lowest BCUT2D eigenvalue weighted by Crippen LogP contribution is -2.56. The summed E-state index contributed by atoms with van der Waals surface area (Å²) in [5.41, 5.74) is 0.374. The molecule has 244 valence electrons. The maximum absolute atomic E-state index is 14.2. The molecule has 5 rings (SSSR count). The van der Waals surface area contributed by atoms with Crippen molar-refractivity contribution < 1.29 is 29.0 Å². The number of carbonyl (C=O) groups excluding carboxylic acids is 3. The Morgan fingerprint density at radius 2 is 1.87 bits per heavy atom. The minimum atomic E-state index is -1.39. The summed E-state index contributed by atoms with van der Waals surface area (Å²) in [4.78, 5) is 56.7. The Morgan fingerprint density at radius 3 is 2.60 bits per heavy atom. The highest BCUT2D eigenvalue weighted by molar-refractivity contribution is 7.80. The fourth-order valence-electron chi connectivity index (χ4n) is 6.59. The lowest BCUT2D eigenvalue weighted by atomic mass is 10.0. The molecule has 11 nitrogen and oxygen atoms in total. The van der Waals surface area contributed by atoms with Gasteiger partial charge in [0.2, 0.25) is 11.8 Å². The Kier molecular flexibility index (Phi) is 9.71. The van der Waals surface area contributed by atoms with Crippen LogP contribution in [-0.2, 0) is 32.1 Å². The predicted molar refractivity (Wildman–Crippen MR) is 172 cm³/mol. The van der Waals surface area contributed by atoms with E-state index in [0.29, 0.717) is 30.9 Å². The van der Waals surface area contributed by atoms with Crippen molar-refractivity contribution in [1.82, 2.24) is 25.8 Å². The fourth-order valence-corrected chi connectivity index (χ4v) is 6.91. The van der Waals surface area contributed by atoms with Crippen LogP contribution in [0, 0.1) is 5.92 Å². The minimum Gasteiger partial charge on any atom is -0.479 e. The van der Waals surface area contributed by atoms with Crippen LogP contribution in [0.3, 0.4) is 0 Å². The van der Waals surface area contributed by atoms with Crippen LogP contribution in [0.5, 0.6) is 0 Å². The van der Waals surface area contributed by atoms with Gasteiger partial charge in [0.1, 0.15) is 23.2 Å². The van der Waals surface area contributed by atoms with Crippen LogP contribution in [0.15, 0.2) is 36.4 Å².